The van der Waals surface area contributed by atoms with Crippen LogP contribution in [0.15, 0.2) is 126 Å². The van der Waals surface area contributed by atoms with Gasteiger partial charge in [0.15, 0.2) is 0 Å². The van der Waals surface area contributed by atoms with Crippen LogP contribution in [-0.2, 0) is 12.0 Å². The number of aromatic hydroxyl groups is 1. The van der Waals surface area contributed by atoms with E-state index < -0.39 is 0 Å². The van der Waals surface area contributed by atoms with E-state index in [1.165, 1.54) is 0 Å². The first-order valence-electron chi connectivity index (χ1n) is 14.1. The Kier molecular flexibility index (Phi) is 9.25. The van der Waals surface area contributed by atoms with Gasteiger partial charge in [-0.25, -0.2) is 0 Å². The standard InChI is InChI=1S/C36H38N4OS/c1-36(2,3)34-23-33(42-25-38-28-16-20-32(21-17-28)40-30-12-8-5-9-13-30)22-26(35(34)41)24-37-27-14-18-31(19-15-27)39-29-10-6-4-7-11-29/h4-23,37-41H,24-25H2,1-3H3. The lowest BCUT2D eigenvalue weighted by Gasteiger charge is -2.23. The van der Waals surface area contributed by atoms with Crippen LogP contribution in [0.5, 0.6) is 5.75 Å². The van der Waals surface area contributed by atoms with Crippen molar-refractivity contribution in [2.45, 2.75) is 37.6 Å². The lowest BCUT2D eigenvalue weighted by Crippen LogP contribution is -2.13. The number of rotatable bonds is 11. The zero-order valence-electron chi connectivity index (χ0n) is 24.3. The molecule has 5 rings (SSSR count). The monoisotopic (exact) mass is 574 g/mol. The Labute approximate surface area is 253 Å². The fourth-order valence-corrected chi connectivity index (χ4v) is 5.41. The van der Waals surface area contributed by atoms with Crippen LogP contribution in [0, 0.1) is 0 Å². The highest BCUT2D eigenvalue weighted by Gasteiger charge is 2.21. The first kappa shape index (κ1) is 29.0. The Morgan fingerprint density at radius 2 is 1.02 bits per heavy atom. The molecule has 6 heteroatoms. The molecule has 0 aliphatic rings. The Balaban J connectivity index is 1.20. The van der Waals surface area contributed by atoms with Gasteiger partial charge < -0.3 is 26.4 Å². The summed E-state index contributed by atoms with van der Waals surface area (Å²) in [5.41, 5.74) is 7.89. The van der Waals surface area contributed by atoms with Crippen LogP contribution < -0.4 is 21.3 Å². The van der Waals surface area contributed by atoms with Crippen molar-refractivity contribution >= 4 is 45.9 Å². The number of nitrogens with one attached hydrogen (secondary N) is 4. The van der Waals surface area contributed by atoms with Crippen LogP contribution in [0.4, 0.5) is 34.1 Å². The van der Waals surface area contributed by atoms with Gasteiger partial charge in [0, 0.05) is 56.7 Å². The van der Waals surface area contributed by atoms with Gasteiger partial charge in [0.2, 0.25) is 0 Å². The minimum Gasteiger partial charge on any atom is -0.507 e. The molecule has 0 radical (unpaired) electrons. The molecule has 0 aliphatic heterocycles. The van der Waals surface area contributed by atoms with Crippen LogP contribution in [0.3, 0.4) is 0 Å². The largest absolute Gasteiger partial charge is 0.507 e. The lowest BCUT2D eigenvalue weighted by molar-refractivity contribution is 0.440. The highest BCUT2D eigenvalue weighted by atomic mass is 32.2. The van der Waals surface area contributed by atoms with Gasteiger partial charge >= 0.3 is 0 Å². The minimum atomic E-state index is -0.185. The Morgan fingerprint density at radius 3 is 1.52 bits per heavy atom. The summed E-state index contributed by atoms with van der Waals surface area (Å²) >= 11 is 1.73. The lowest BCUT2D eigenvalue weighted by atomic mass is 9.85. The van der Waals surface area contributed by atoms with Crippen molar-refractivity contribution in [3.63, 3.8) is 0 Å². The maximum absolute atomic E-state index is 11.2. The SMILES string of the molecule is CC(C)(C)c1cc(SCNc2ccc(Nc3ccccc3)cc2)cc(CNc2ccc(Nc3ccccc3)cc2)c1O. The number of benzene rings is 5. The molecule has 0 aliphatic carbocycles. The van der Waals surface area contributed by atoms with E-state index in [4.69, 9.17) is 0 Å². The predicted octanol–water partition coefficient (Wildman–Crippen LogP) is 9.95. The molecule has 0 fully saturated rings. The highest BCUT2D eigenvalue weighted by molar-refractivity contribution is 7.99. The smallest absolute Gasteiger partial charge is 0.124 e. The fourth-order valence-electron chi connectivity index (χ4n) is 4.57. The first-order valence-corrected chi connectivity index (χ1v) is 15.1. The molecule has 214 valence electrons. The third kappa shape index (κ3) is 8.02. The third-order valence-electron chi connectivity index (χ3n) is 6.86. The van der Waals surface area contributed by atoms with Crippen molar-refractivity contribution in [3.05, 3.63) is 132 Å². The second kappa shape index (κ2) is 13.4. The van der Waals surface area contributed by atoms with Crippen LogP contribution >= 0.6 is 11.8 Å². The summed E-state index contributed by atoms with van der Waals surface area (Å²) in [7, 11) is 0. The molecule has 0 aromatic heterocycles. The molecule has 0 atom stereocenters. The average molecular weight is 575 g/mol. The Morgan fingerprint density at radius 1 is 0.571 bits per heavy atom. The van der Waals surface area contributed by atoms with Crippen molar-refractivity contribution in [2.75, 3.05) is 27.1 Å². The molecule has 5 N–H and O–H groups in total. The predicted molar refractivity (Wildman–Crippen MR) is 181 cm³/mol. The summed E-state index contributed by atoms with van der Waals surface area (Å²) in [6.07, 6.45) is 0. The molecule has 0 spiro atoms. The van der Waals surface area contributed by atoms with E-state index in [0.29, 0.717) is 18.2 Å². The molecule has 42 heavy (non-hydrogen) atoms. The van der Waals surface area contributed by atoms with Gasteiger partial charge in [-0.15, -0.1) is 11.8 Å². The number of hydrogen-bond donors (Lipinski definition) is 5. The number of thioether (sulfide) groups is 1. The van der Waals surface area contributed by atoms with Gasteiger partial charge in [-0.1, -0.05) is 57.2 Å². The number of phenolic OH excluding ortho intramolecular Hbond substituents is 1. The van der Waals surface area contributed by atoms with Crippen LogP contribution in [-0.4, -0.2) is 11.0 Å². The average Bonchev–Trinajstić information content (AvgIpc) is 2.99. The molecule has 0 amide bonds. The second-order valence-corrected chi connectivity index (χ2v) is 12.2. The first-order chi connectivity index (χ1) is 20.3. The van der Waals surface area contributed by atoms with Crippen molar-refractivity contribution < 1.29 is 5.11 Å². The van der Waals surface area contributed by atoms with Gasteiger partial charge in [-0.2, -0.15) is 0 Å². The molecule has 0 heterocycles. The summed E-state index contributed by atoms with van der Waals surface area (Å²) in [5.74, 6) is 1.07. The maximum Gasteiger partial charge on any atom is 0.124 e. The van der Waals surface area contributed by atoms with Crippen molar-refractivity contribution in [1.82, 2.24) is 0 Å². The third-order valence-corrected chi connectivity index (χ3v) is 7.72. The quantitative estimate of drug-likeness (QED) is 0.0799. The summed E-state index contributed by atoms with van der Waals surface area (Å²) < 4.78 is 0. The van der Waals surface area contributed by atoms with Gasteiger partial charge in [0.1, 0.15) is 5.75 Å². The van der Waals surface area contributed by atoms with Gasteiger partial charge in [-0.3, -0.25) is 0 Å². The van der Waals surface area contributed by atoms with E-state index in [9.17, 15) is 5.11 Å². The molecule has 0 saturated carbocycles. The van der Waals surface area contributed by atoms with Gasteiger partial charge in [0.05, 0.1) is 5.88 Å². The van der Waals surface area contributed by atoms with Gasteiger partial charge in [-0.05, 0) is 90.3 Å². The van der Waals surface area contributed by atoms with E-state index in [0.717, 1.165) is 50.1 Å². The van der Waals surface area contributed by atoms with E-state index in [1.807, 2.05) is 48.5 Å². The normalized spacial score (nSPS) is 11.1. The minimum absolute atomic E-state index is 0.185. The molecule has 0 saturated heterocycles. The molecular weight excluding hydrogens is 536 g/mol. The Bertz CT molecular complexity index is 1570. The topological polar surface area (TPSA) is 68.3 Å². The highest BCUT2D eigenvalue weighted by Crippen LogP contribution is 2.37. The van der Waals surface area contributed by atoms with Crippen LogP contribution in [0.1, 0.15) is 31.9 Å². The van der Waals surface area contributed by atoms with Gasteiger partial charge in [0.25, 0.3) is 0 Å². The molecule has 5 aromatic carbocycles. The van der Waals surface area contributed by atoms with Crippen LogP contribution in [0.25, 0.3) is 0 Å². The summed E-state index contributed by atoms with van der Waals surface area (Å²) in [6, 6.07) is 41.0. The summed E-state index contributed by atoms with van der Waals surface area (Å²) in [6.45, 7) is 6.93. The number of phenols is 1. The van der Waals surface area contributed by atoms with E-state index >= 15 is 0 Å². The van der Waals surface area contributed by atoms with Crippen molar-refractivity contribution in [3.8, 4) is 5.75 Å². The van der Waals surface area contributed by atoms with E-state index in [1.54, 1.807) is 11.8 Å². The molecule has 0 bridgehead atoms. The molecule has 0 unspecified atom stereocenters. The molecule has 5 nitrogen and oxygen atoms in total. The summed E-state index contributed by atoms with van der Waals surface area (Å²) in [5, 5.41) is 25.0. The maximum atomic E-state index is 11.2. The number of hydrogen-bond acceptors (Lipinski definition) is 6. The number of anilines is 6. The van der Waals surface area contributed by atoms with Crippen molar-refractivity contribution in [2.24, 2.45) is 0 Å². The zero-order chi connectivity index (χ0) is 29.4. The van der Waals surface area contributed by atoms with Crippen molar-refractivity contribution in [1.29, 1.82) is 0 Å². The second-order valence-electron chi connectivity index (χ2n) is 11.2. The van der Waals surface area contributed by atoms with E-state index in [-0.39, 0.29) is 5.41 Å². The van der Waals surface area contributed by atoms with E-state index in [2.05, 4.69) is 115 Å². The van der Waals surface area contributed by atoms with Crippen LogP contribution in [0.2, 0.25) is 0 Å². The zero-order valence-corrected chi connectivity index (χ0v) is 25.1. The summed E-state index contributed by atoms with van der Waals surface area (Å²) in [4.78, 5) is 1.12. The molecule has 5 aromatic rings. The fraction of sp³-hybridized carbons (Fsp3) is 0.167. The number of para-hydroxylation sites is 2. The molecular formula is C36H38N4OS. The Hall–Kier alpha value is -4.55.